The van der Waals surface area contributed by atoms with Crippen molar-refractivity contribution in [3.8, 4) is 11.5 Å². The molecule has 0 saturated heterocycles. The number of carboxylic acids is 1. The number of amides is 1. The van der Waals surface area contributed by atoms with Crippen LogP contribution >= 0.6 is 11.8 Å². The van der Waals surface area contributed by atoms with Crippen LogP contribution in [0.15, 0.2) is 48.5 Å². The van der Waals surface area contributed by atoms with Crippen LogP contribution in [0, 0.1) is 6.92 Å². The molecular formula is C27H37NO6S. The molecule has 0 aromatic heterocycles. The Morgan fingerprint density at radius 2 is 1.77 bits per heavy atom. The summed E-state index contributed by atoms with van der Waals surface area (Å²) < 4.78 is 16.8. The van der Waals surface area contributed by atoms with E-state index in [0.29, 0.717) is 37.8 Å². The largest absolute Gasteiger partial charge is 0.492 e. The van der Waals surface area contributed by atoms with Gasteiger partial charge >= 0.3 is 12.1 Å². The molecule has 2 aromatic carbocycles. The van der Waals surface area contributed by atoms with Gasteiger partial charge in [0.05, 0.1) is 6.54 Å². The molecule has 7 nitrogen and oxygen atoms in total. The molecular weight excluding hydrogens is 466 g/mol. The maximum atomic E-state index is 12.9. The maximum absolute atomic E-state index is 12.9. The van der Waals surface area contributed by atoms with Gasteiger partial charge in [-0.1, -0.05) is 37.3 Å². The van der Waals surface area contributed by atoms with E-state index in [1.165, 1.54) is 0 Å². The van der Waals surface area contributed by atoms with Crippen LogP contribution in [0.25, 0.3) is 0 Å². The second kappa shape index (κ2) is 16.1. The molecule has 0 saturated carbocycles. The van der Waals surface area contributed by atoms with Crippen molar-refractivity contribution in [2.45, 2.75) is 46.1 Å². The second-order valence-corrected chi connectivity index (χ2v) is 9.29. The molecule has 2 aromatic rings. The Bertz CT molecular complexity index is 905. The molecule has 1 N–H and O–H groups in total. The summed E-state index contributed by atoms with van der Waals surface area (Å²) >= 11 is 1.89. The number of carboxylic acid groups (broad SMARTS) is 1. The third-order valence-corrected chi connectivity index (χ3v) is 6.51. The molecule has 192 valence electrons. The maximum Gasteiger partial charge on any atom is 0.415 e. The van der Waals surface area contributed by atoms with Crippen molar-refractivity contribution >= 4 is 23.8 Å². The fourth-order valence-corrected chi connectivity index (χ4v) is 4.18. The third-order valence-electron chi connectivity index (χ3n) is 5.23. The molecule has 0 aliphatic heterocycles. The molecule has 0 spiro atoms. The fraction of sp³-hybridized carbons (Fsp3) is 0.481. The first-order valence-electron chi connectivity index (χ1n) is 12.1. The topological polar surface area (TPSA) is 85.3 Å². The van der Waals surface area contributed by atoms with E-state index in [0.717, 1.165) is 35.5 Å². The van der Waals surface area contributed by atoms with E-state index >= 15 is 0 Å². The Balaban J connectivity index is 1.91. The smallest absolute Gasteiger partial charge is 0.415 e. The SMILES string of the molecule is CCCSCCCN(CCOc1ccc(CC(OCC)C(=O)O)cc1)C(=O)Oc1ccccc1C. The lowest BCUT2D eigenvalue weighted by atomic mass is 10.1. The lowest BCUT2D eigenvalue weighted by molar-refractivity contribution is -0.149. The van der Waals surface area contributed by atoms with Crippen molar-refractivity contribution < 1.29 is 28.9 Å². The number of para-hydroxylation sites is 1. The predicted octanol–water partition coefficient (Wildman–Crippen LogP) is 5.44. The standard InChI is InChI=1S/C27H37NO6S/c1-4-18-35-19-8-15-28(27(31)34-24-10-7-6-9-21(24)3)16-17-33-23-13-11-22(12-14-23)20-25(26(29)30)32-5-2/h6-7,9-14,25H,4-5,8,15-20H2,1-3H3,(H,29,30). The van der Waals surface area contributed by atoms with Gasteiger partial charge in [-0.2, -0.15) is 11.8 Å². The van der Waals surface area contributed by atoms with E-state index < -0.39 is 12.1 Å². The lowest BCUT2D eigenvalue weighted by Crippen LogP contribution is -2.37. The minimum Gasteiger partial charge on any atom is -0.492 e. The lowest BCUT2D eigenvalue weighted by Gasteiger charge is -2.22. The Hall–Kier alpha value is -2.71. The van der Waals surface area contributed by atoms with Crippen molar-refractivity contribution in [3.63, 3.8) is 0 Å². The first-order valence-corrected chi connectivity index (χ1v) is 13.3. The van der Waals surface area contributed by atoms with Gasteiger partial charge < -0.3 is 24.2 Å². The van der Waals surface area contributed by atoms with E-state index in [2.05, 4.69) is 6.92 Å². The number of hydrogen-bond donors (Lipinski definition) is 1. The number of benzene rings is 2. The zero-order valence-corrected chi connectivity index (χ0v) is 21.7. The number of carbonyl (C=O) groups excluding carboxylic acids is 1. The summed E-state index contributed by atoms with van der Waals surface area (Å²) in [5, 5.41) is 9.25. The Kier molecular flexibility index (Phi) is 13.1. The van der Waals surface area contributed by atoms with E-state index in [9.17, 15) is 14.7 Å². The van der Waals surface area contributed by atoms with Crippen LogP contribution in [-0.4, -0.2) is 66.0 Å². The Labute approximate surface area is 212 Å². The highest BCUT2D eigenvalue weighted by atomic mass is 32.2. The van der Waals surface area contributed by atoms with Crippen LogP contribution in [0.2, 0.25) is 0 Å². The van der Waals surface area contributed by atoms with Gasteiger partial charge in [0.15, 0.2) is 6.10 Å². The summed E-state index contributed by atoms with van der Waals surface area (Å²) in [6.45, 7) is 7.50. The van der Waals surface area contributed by atoms with Gasteiger partial charge in [-0.25, -0.2) is 9.59 Å². The Morgan fingerprint density at radius 3 is 2.43 bits per heavy atom. The zero-order valence-electron chi connectivity index (χ0n) is 20.9. The Morgan fingerprint density at radius 1 is 1.03 bits per heavy atom. The molecule has 0 fully saturated rings. The molecule has 0 aliphatic rings. The van der Waals surface area contributed by atoms with Crippen LogP contribution in [0.5, 0.6) is 11.5 Å². The highest BCUT2D eigenvalue weighted by Crippen LogP contribution is 2.18. The predicted molar refractivity (Wildman–Crippen MR) is 140 cm³/mol. The molecule has 2 rings (SSSR count). The number of thioether (sulfide) groups is 1. The summed E-state index contributed by atoms with van der Waals surface area (Å²) in [5.74, 6) is 2.35. The number of ether oxygens (including phenoxy) is 3. The third kappa shape index (κ3) is 10.6. The number of hydrogen-bond acceptors (Lipinski definition) is 6. The normalized spacial score (nSPS) is 11.6. The summed E-state index contributed by atoms with van der Waals surface area (Å²) in [6.07, 6.45) is 1.06. The highest BCUT2D eigenvalue weighted by Gasteiger charge is 2.18. The number of aryl methyl sites for hydroxylation is 1. The van der Waals surface area contributed by atoms with Gasteiger partial charge in [-0.15, -0.1) is 0 Å². The fourth-order valence-electron chi connectivity index (χ4n) is 3.36. The van der Waals surface area contributed by atoms with Crippen molar-refractivity contribution in [1.82, 2.24) is 4.90 Å². The van der Waals surface area contributed by atoms with Crippen molar-refractivity contribution in [3.05, 3.63) is 59.7 Å². The summed E-state index contributed by atoms with van der Waals surface area (Å²) in [4.78, 5) is 25.8. The summed E-state index contributed by atoms with van der Waals surface area (Å²) in [6, 6.07) is 14.7. The molecule has 8 heteroatoms. The molecule has 0 radical (unpaired) electrons. The molecule has 1 amide bonds. The van der Waals surface area contributed by atoms with Crippen LogP contribution in [0.4, 0.5) is 4.79 Å². The number of rotatable bonds is 16. The number of aliphatic carboxylic acids is 1. The minimum atomic E-state index is -0.974. The van der Waals surface area contributed by atoms with Gasteiger partial charge in [0.2, 0.25) is 0 Å². The van der Waals surface area contributed by atoms with Gasteiger partial charge in [-0.05, 0) is 67.5 Å². The van der Waals surface area contributed by atoms with E-state index in [1.807, 2.05) is 49.0 Å². The number of nitrogens with zero attached hydrogens (tertiary/aromatic N) is 1. The molecule has 0 heterocycles. The van der Waals surface area contributed by atoms with E-state index in [1.54, 1.807) is 30.0 Å². The monoisotopic (exact) mass is 503 g/mol. The first-order chi connectivity index (χ1) is 16.9. The molecule has 35 heavy (non-hydrogen) atoms. The average Bonchev–Trinajstić information content (AvgIpc) is 2.84. The van der Waals surface area contributed by atoms with Crippen LogP contribution < -0.4 is 9.47 Å². The van der Waals surface area contributed by atoms with E-state index in [-0.39, 0.29) is 12.5 Å². The van der Waals surface area contributed by atoms with Gasteiger partial charge in [-0.3, -0.25) is 0 Å². The van der Waals surface area contributed by atoms with Crippen molar-refractivity contribution in [2.24, 2.45) is 0 Å². The van der Waals surface area contributed by atoms with Crippen LogP contribution in [0.3, 0.4) is 0 Å². The number of carbonyl (C=O) groups is 2. The highest BCUT2D eigenvalue weighted by molar-refractivity contribution is 7.99. The molecule has 1 unspecified atom stereocenters. The first kappa shape index (κ1) is 28.5. The van der Waals surface area contributed by atoms with Gasteiger partial charge in [0.1, 0.15) is 18.1 Å². The van der Waals surface area contributed by atoms with Crippen molar-refractivity contribution in [2.75, 3.05) is 37.8 Å². The molecule has 0 aliphatic carbocycles. The zero-order chi connectivity index (χ0) is 25.5. The average molecular weight is 504 g/mol. The second-order valence-electron chi connectivity index (χ2n) is 8.07. The van der Waals surface area contributed by atoms with Gasteiger partial charge in [0.25, 0.3) is 0 Å². The molecule has 1 atom stereocenters. The van der Waals surface area contributed by atoms with Crippen LogP contribution in [-0.2, 0) is 16.0 Å². The quantitative estimate of drug-likeness (QED) is 0.305. The minimum absolute atomic E-state index is 0.290. The van der Waals surface area contributed by atoms with E-state index in [4.69, 9.17) is 14.2 Å². The summed E-state index contributed by atoms with van der Waals surface area (Å²) in [5.41, 5.74) is 1.76. The van der Waals surface area contributed by atoms with Crippen LogP contribution in [0.1, 0.15) is 37.8 Å². The van der Waals surface area contributed by atoms with Crippen molar-refractivity contribution in [1.29, 1.82) is 0 Å². The summed E-state index contributed by atoms with van der Waals surface area (Å²) in [7, 11) is 0. The van der Waals surface area contributed by atoms with Gasteiger partial charge in [0, 0.05) is 19.6 Å². The molecule has 0 bridgehead atoms.